The second-order valence-electron chi connectivity index (χ2n) is 7.07. The van der Waals surface area contributed by atoms with Crippen LogP contribution < -0.4 is 10.1 Å². The third-order valence-electron chi connectivity index (χ3n) is 5.22. The van der Waals surface area contributed by atoms with Gasteiger partial charge in [0.15, 0.2) is 5.78 Å². The molecule has 2 unspecified atom stereocenters. The Kier molecular flexibility index (Phi) is 3.65. The Bertz CT molecular complexity index is 572. The van der Waals surface area contributed by atoms with Crippen LogP contribution in [0.25, 0.3) is 0 Å². The number of Topliss-reactive ketones (excluding diaryl/α,β-unsaturated/α-hetero) is 1. The number of halogens is 1. The summed E-state index contributed by atoms with van der Waals surface area (Å²) in [5, 5.41) is 3.54. The van der Waals surface area contributed by atoms with Gasteiger partial charge in [0.05, 0.1) is 12.2 Å². The van der Waals surface area contributed by atoms with Crippen molar-refractivity contribution < 1.29 is 13.9 Å². The zero-order valence-corrected chi connectivity index (χ0v) is 12.7. The third-order valence-corrected chi connectivity index (χ3v) is 5.22. The fourth-order valence-corrected chi connectivity index (χ4v) is 3.80. The molecule has 4 rings (SSSR count). The van der Waals surface area contributed by atoms with Crippen molar-refractivity contribution in [1.82, 2.24) is 5.32 Å². The zero-order valence-electron chi connectivity index (χ0n) is 12.7. The van der Waals surface area contributed by atoms with Gasteiger partial charge in [-0.3, -0.25) is 4.79 Å². The maximum atomic E-state index is 13.6. The van der Waals surface area contributed by atoms with Gasteiger partial charge in [0.2, 0.25) is 0 Å². The molecule has 2 bridgehead atoms. The SMILES string of the molecule is O=C(c1cc(F)ccc1OCC1CC1)C1CC2CCC(C1)N2. The van der Waals surface area contributed by atoms with Crippen LogP contribution in [0, 0.1) is 17.7 Å². The highest BCUT2D eigenvalue weighted by Gasteiger charge is 2.37. The molecule has 2 aliphatic heterocycles. The van der Waals surface area contributed by atoms with E-state index in [4.69, 9.17) is 4.74 Å². The molecule has 2 atom stereocenters. The van der Waals surface area contributed by atoms with Crippen molar-refractivity contribution in [1.29, 1.82) is 0 Å². The van der Waals surface area contributed by atoms with Gasteiger partial charge in [-0.2, -0.15) is 0 Å². The highest BCUT2D eigenvalue weighted by Crippen LogP contribution is 2.35. The number of fused-ring (bicyclic) bond motifs is 2. The Morgan fingerprint density at radius 2 is 1.91 bits per heavy atom. The smallest absolute Gasteiger partial charge is 0.169 e. The van der Waals surface area contributed by atoms with Gasteiger partial charge in [-0.1, -0.05) is 0 Å². The number of hydrogen-bond acceptors (Lipinski definition) is 3. The van der Waals surface area contributed by atoms with Crippen LogP contribution in [-0.2, 0) is 0 Å². The summed E-state index contributed by atoms with van der Waals surface area (Å²) in [6, 6.07) is 5.26. The summed E-state index contributed by atoms with van der Waals surface area (Å²) in [6.45, 7) is 0.642. The standard InChI is InChI=1S/C18H22FNO2/c19-13-3-6-17(22-10-11-1-2-11)16(9-13)18(21)12-7-14-4-5-15(8-12)20-14/h3,6,9,11-12,14-15,20H,1-2,4-5,7-8,10H2. The van der Waals surface area contributed by atoms with Gasteiger partial charge >= 0.3 is 0 Å². The van der Waals surface area contributed by atoms with Gasteiger partial charge < -0.3 is 10.1 Å². The van der Waals surface area contributed by atoms with Crippen molar-refractivity contribution in [3.8, 4) is 5.75 Å². The first-order valence-corrected chi connectivity index (χ1v) is 8.41. The molecule has 0 aromatic heterocycles. The topological polar surface area (TPSA) is 38.3 Å². The van der Waals surface area contributed by atoms with Gasteiger partial charge in [0.25, 0.3) is 0 Å². The van der Waals surface area contributed by atoms with Crippen LogP contribution in [0.5, 0.6) is 5.75 Å². The summed E-state index contributed by atoms with van der Waals surface area (Å²) in [6.07, 6.45) is 6.44. The van der Waals surface area contributed by atoms with E-state index in [0.717, 1.165) is 25.7 Å². The lowest BCUT2D eigenvalue weighted by Crippen LogP contribution is -2.40. The van der Waals surface area contributed by atoms with Crippen LogP contribution in [0.1, 0.15) is 48.9 Å². The first-order chi connectivity index (χ1) is 10.7. The molecular formula is C18H22FNO2. The van der Waals surface area contributed by atoms with E-state index in [2.05, 4.69) is 5.32 Å². The predicted molar refractivity (Wildman–Crippen MR) is 81.6 cm³/mol. The van der Waals surface area contributed by atoms with Crippen molar-refractivity contribution in [2.45, 2.75) is 50.6 Å². The number of benzene rings is 1. The van der Waals surface area contributed by atoms with Crippen molar-refractivity contribution in [2.24, 2.45) is 11.8 Å². The molecule has 2 saturated heterocycles. The van der Waals surface area contributed by atoms with Crippen LogP contribution in [0.2, 0.25) is 0 Å². The molecule has 3 fully saturated rings. The van der Waals surface area contributed by atoms with Gasteiger partial charge in [-0.15, -0.1) is 0 Å². The third kappa shape index (κ3) is 2.89. The normalized spacial score (nSPS) is 30.3. The van der Waals surface area contributed by atoms with E-state index in [1.165, 1.54) is 25.0 Å². The minimum Gasteiger partial charge on any atom is -0.493 e. The molecule has 22 heavy (non-hydrogen) atoms. The highest BCUT2D eigenvalue weighted by atomic mass is 19.1. The van der Waals surface area contributed by atoms with E-state index < -0.39 is 0 Å². The fourth-order valence-electron chi connectivity index (χ4n) is 3.80. The zero-order chi connectivity index (χ0) is 15.1. The largest absolute Gasteiger partial charge is 0.493 e. The monoisotopic (exact) mass is 303 g/mol. The fraction of sp³-hybridized carbons (Fsp3) is 0.611. The molecule has 1 aromatic rings. The maximum absolute atomic E-state index is 13.6. The average Bonchev–Trinajstić information content (AvgIpc) is 3.29. The Morgan fingerprint density at radius 1 is 1.18 bits per heavy atom. The number of carbonyl (C=O) groups excluding carboxylic acids is 1. The van der Waals surface area contributed by atoms with E-state index in [0.29, 0.717) is 35.9 Å². The van der Waals surface area contributed by atoms with Crippen molar-refractivity contribution in [2.75, 3.05) is 6.61 Å². The number of piperidine rings is 1. The predicted octanol–water partition coefficient (Wildman–Crippen LogP) is 3.33. The molecule has 0 radical (unpaired) electrons. The lowest BCUT2D eigenvalue weighted by atomic mass is 9.85. The van der Waals surface area contributed by atoms with E-state index in [1.807, 2.05) is 0 Å². The Morgan fingerprint density at radius 3 is 2.59 bits per heavy atom. The first-order valence-electron chi connectivity index (χ1n) is 8.41. The minimum absolute atomic E-state index is 0.00354. The molecule has 1 aliphatic carbocycles. The second kappa shape index (κ2) is 5.65. The molecule has 3 nitrogen and oxygen atoms in total. The van der Waals surface area contributed by atoms with Crippen molar-refractivity contribution in [3.63, 3.8) is 0 Å². The van der Waals surface area contributed by atoms with Crippen LogP contribution in [0.15, 0.2) is 18.2 Å². The molecular weight excluding hydrogens is 281 g/mol. The summed E-state index contributed by atoms with van der Waals surface area (Å²) >= 11 is 0. The van der Waals surface area contributed by atoms with Gasteiger partial charge in [-0.05, 0) is 62.6 Å². The second-order valence-corrected chi connectivity index (χ2v) is 7.07. The summed E-state index contributed by atoms with van der Waals surface area (Å²) in [5.41, 5.74) is 0.437. The van der Waals surface area contributed by atoms with Crippen molar-refractivity contribution >= 4 is 5.78 Å². The number of ether oxygens (including phenoxy) is 1. The summed E-state index contributed by atoms with van der Waals surface area (Å²) in [7, 11) is 0. The maximum Gasteiger partial charge on any atom is 0.169 e. The molecule has 4 heteroatoms. The molecule has 118 valence electrons. The minimum atomic E-state index is -0.362. The van der Waals surface area contributed by atoms with Crippen LogP contribution >= 0.6 is 0 Å². The molecule has 2 heterocycles. The average molecular weight is 303 g/mol. The molecule has 1 saturated carbocycles. The lowest BCUT2D eigenvalue weighted by molar-refractivity contribution is 0.0870. The Labute approximate surface area is 130 Å². The molecule has 0 spiro atoms. The van der Waals surface area contributed by atoms with Crippen LogP contribution in [0.3, 0.4) is 0 Å². The quantitative estimate of drug-likeness (QED) is 0.848. The lowest BCUT2D eigenvalue weighted by Gasteiger charge is -2.28. The molecule has 1 N–H and O–H groups in total. The molecule has 3 aliphatic rings. The van der Waals surface area contributed by atoms with E-state index >= 15 is 0 Å². The van der Waals surface area contributed by atoms with Crippen LogP contribution in [-0.4, -0.2) is 24.5 Å². The summed E-state index contributed by atoms with van der Waals surface area (Å²) in [5.74, 6) is 0.874. The number of carbonyl (C=O) groups is 1. The number of nitrogens with one attached hydrogen (secondary N) is 1. The van der Waals surface area contributed by atoms with Gasteiger partial charge in [0, 0.05) is 18.0 Å². The summed E-state index contributed by atoms with van der Waals surface area (Å²) < 4.78 is 19.4. The Balaban J connectivity index is 1.54. The molecule has 1 aromatic carbocycles. The Hall–Kier alpha value is -1.42. The molecule has 0 amide bonds. The highest BCUT2D eigenvalue weighted by molar-refractivity contribution is 6.00. The van der Waals surface area contributed by atoms with E-state index in [-0.39, 0.29) is 17.5 Å². The number of ketones is 1. The van der Waals surface area contributed by atoms with Crippen LogP contribution in [0.4, 0.5) is 4.39 Å². The van der Waals surface area contributed by atoms with E-state index in [1.54, 1.807) is 6.07 Å². The summed E-state index contributed by atoms with van der Waals surface area (Å²) in [4.78, 5) is 12.9. The number of rotatable bonds is 5. The van der Waals surface area contributed by atoms with Gasteiger partial charge in [0.1, 0.15) is 11.6 Å². The van der Waals surface area contributed by atoms with E-state index in [9.17, 15) is 9.18 Å². The van der Waals surface area contributed by atoms with Gasteiger partial charge in [-0.25, -0.2) is 4.39 Å². The van der Waals surface area contributed by atoms with Crippen molar-refractivity contribution in [3.05, 3.63) is 29.6 Å². The first kappa shape index (κ1) is 14.2. The number of hydrogen-bond donors (Lipinski definition) is 1.